The highest BCUT2D eigenvalue weighted by molar-refractivity contribution is 5.78. The third kappa shape index (κ3) is 1.78. The van der Waals surface area contributed by atoms with Gasteiger partial charge in [-0.15, -0.1) is 0 Å². The second-order valence-electron chi connectivity index (χ2n) is 4.84. The average molecular weight is 199 g/mol. The first-order valence-corrected chi connectivity index (χ1v) is 5.40. The zero-order valence-corrected chi connectivity index (χ0v) is 9.58. The molecule has 1 aliphatic heterocycles. The lowest BCUT2D eigenvalue weighted by Gasteiger charge is -2.49. The van der Waals surface area contributed by atoms with Crippen LogP contribution >= 0.6 is 0 Å². The number of carbonyl (C=O) groups is 1. The van der Waals surface area contributed by atoms with Gasteiger partial charge in [0.1, 0.15) is 5.54 Å². The summed E-state index contributed by atoms with van der Waals surface area (Å²) < 4.78 is 0. The summed E-state index contributed by atoms with van der Waals surface area (Å²) in [6, 6.07) is 0. The summed E-state index contributed by atoms with van der Waals surface area (Å²) in [6.45, 7) is 10.0. The van der Waals surface area contributed by atoms with Crippen molar-refractivity contribution in [2.45, 2.75) is 39.7 Å². The highest BCUT2D eigenvalue weighted by atomic mass is 16.4. The van der Waals surface area contributed by atoms with Crippen LogP contribution in [0.2, 0.25) is 0 Å². The predicted octanol–water partition coefficient (Wildman–Crippen LogP) is 1.83. The maximum atomic E-state index is 11.1. The standard InChI is InChI=1S/C11H21NO2/c1-5-11(4,10(13)14)12-6-9(7-12)8(2)3/h8-9H,5-7H2,1-4H3,(H,13,14). The van der Waals surface area contributed by atoms with Gasteiger partial charge in [-0.05, 0) is 25.2 Å². The van der Waals surface area contributed by atoms with E-state index < -0.39 is 11.5 Å². The maximum absolute atomic E-state index is 11.1. The lowest BCUT2D eigenvalue weighted by Crippen LogP contribution is -2.62. The van der Waals surface area contributed by atoms with E-state index in [1.807, 2.05) is 13.8 Å². The van der Waals surface area contributed by atoms with Crippen LogP contribution in [0.5, 0.6) is 0 Å². The van der Waals surface area contributed by atoms with E-state index in [1.165, 1.54) is 0 Å². The molecule has 0 saturated carbocycles. The summed E-state index contributed by atoms with van der Waals surface area (Å²) in [5, 5.41) is 9.15. The Morgan fingerprint density at radius 3 is 2.36 bits per heavy atom. The number of nitrogens with zero attached hydrogens (tertiary/aromatic N) is 1. The Hall–Kier alpha value is -0.570. The van der Waals surface area contributed by atoms with Crippen molar-refractivity contribution in [3.8, 4) is 0 Å². The normalized spacial score (nSPS) is 23.2. The summed E-state index contributed by atoms with van der Waals surface area (Å²) in [5.74, 6) is 0.656. The summed E-state index contributed by atoms with van der Waals surface area (Å²) >= 11 is 0. The Balaban J connectivity index is 2.56. The smallest absolute Gasteiger partial charge is 0.323 e. The molecule has 0 amide bonds. The number of hydrogen-bond acceptors (Lipinski definition) is 2. The summed E-state index contributed by atoms with van der Waals surface area (Å²) in [4.78, 5) is 13.2. The molecule has 0 aliphatic carbocycles. The van der Waals surface area contributed by atoms with Gasteiger partial charge < -0.3 is 5.11 Å². The predicted molar refractivity (Wildman–Crippen MR) is 56.2 cm³/mol. The van der Waals surface area contributed by atoms with Gasteiger partial charge in [-0.2, -0.15) is 0 Å². The fourth-order valence-corrected chi connectivity index (χ4v) is 1.85. The molecule has 0 aromatic carbocycles. The molecule has 1 rings (SSSR count). The number of aliphatic carboxylic acids is 1. The molecule has 1 saturated heterocycles. The first kappa shape index (κ1) is 11.5. The van der Waals surface area contributed by atoms with Crippen molar-refractivity contribution in [2.24, 2.45) is 11.8 Å². The maximum Gasteiger partial charge on any atom is 0.323 e. The molecular weight excluding hydrogens is 178 g/mol. The van der Waals surface area contributed by atoms with E-state index in [4.69, 9.17) is 5.11 Å². The van der Waals surface area contributed by atoms with Crippen LogP contribution in [-0.2, 0) is 4.79 Å². The van der Waals surface area contributed by atoms with Gasteiger partial charge in [0.2, 0.25) is 0 Å². The minimum atomic E-state index is -0.692. The van der Waals surface area contributed by atoms with Crippen LogP contribution in [0, 0.1) is 11.8 Å². The summed E-state index contributed by atoms with van der Waals surface area (Å²) in [7, 11) is 0. The molecule has 1 atom stereocenters. The Kier molecular flexibility index (Phi) is 3.20. The molecule has 1 unspecified atom stereocenters. The Labute approximate surface area is 86.1 Å². The van der Waals surface area contributed by atoms with Crippen LogP contribution in [0.25, 0.3) is 0 Å². The van der Waals surface area contributed by atoms with E-state index in [2.05, 4.69) is 18.7 Å². The molecule has 0 aromatic rings. The lowest BCUT2D eigenvalue weighted by atomic mass is 9.82. The van der Waals surface area contributed by atoms with Crippen LogP contribution < -0.4 is 0 Å². The van der Waals surface area contributed by atoms with E-state index in [1.54, 1.807) is 0 Å². The zero-order chi connectivity index (χ0) is 10.9. The molecular formula is C11H21NO2. The largest absolute Gasteiger partial charge is 0.480 e. The first-order valence-electron chi connectivity index (χ1n) is 5.40. The van der Waals surface area contributed by atoms with E-state index >= 15 is 0 Å². The van der Waals surface area contributed by atoms with Crippen molar-refractivity contribution in [3.05, 3.63) is 0 Å². The minimum absolute atomic E-state index is 0.647. The third-order valence-electron chi connectivity index (χ3n) is 3.70. The van der Waals surface area contributed by atoms with E-state index in [9.17, 15) is 4.79 Å². The molecule has 0 bridgehead atoms. The van der Waals surface area contributed by atoms with Crippen molar-refractivity contribution < 1.29 is 9.90 Å². The number of carboxylic acids is 1. The minimum Gasteiger partial charge on any atom is -0.480 e. The van der Waals surface area contributed by atoms with Crippen LogP contribution in [0.4, 0.5) is 0 Å². The quantitative estimate of drug-likeness (QED) is 0.751. The number of hydrogen-bond donors (Lipinski definition) is 1. The van der Waals surface area contributed by atoms with Gasteiger partial charge in [0.05, 0.1) is 0 Å². The van der Waals surface area contributed by atoms with Crippen molar-refractivity contribution in [3.63, 3.8) is 0 Å². The Morgan fingerprint density at radius 1 is 1.57 bits per heavy atom. The second kappa shape index (κ2) is 3.89. The van der Waals surface area contributed by atoms with Gasteiger partial charge in [0, 0.05) is 13.1 Å². The summed E-state index contributed by atoms with van der Waals surface area (Å²) in [6.07, 6.45) is 0.674. The average Bonchev–Trinajstić information content (AvgIpc) is 1.99. The highest BCUT2D eigenvalue weighted by Gasteiger charge is 2.44. The number of likely N-dealkylation sites (tertiary alicyclic amines) is 1. The summed E-state index contributed by atoms with van der Waals surface area (Å²) in [5.41, 5.74) is -0.647. The van der Waals surface area contributed by atoms with Crippen LogP contribution in [0.1, 0.15) is 34.1 Å². The van der Waals surface area contributed by atoms with Crippen molar-refractivity contribution in [2.75, 3.05) is 13.1 Å². The molecule has 0 aromatic heterocycles. The van der Waals surface area contributed by atoms with Crippen molar-refractivity contribution in [1.82, 2.24) is 4.90 Å². The highest BCUT2D eigenvalue weighted by Crippen LogP contribution is 2.32. The monoisotopic (exact) mass is 199 g/mol. The van der Waals surface area contributed by atoms with Crippen LogP contribution in [-0.4, -0.2) is 34.6 Å². The number of rotatable bonds is 4. The lowest BCUT2D eigenvalue weighted by molar-refractivity contribution is -0.157. The van der Waals surface area contributed by atoms with Crippen LogP contribution in [0.15, 0.2) is 0 Å². The zero-order valence-electron chi connectivity index (χ0n) is 9.58. The molecule has 1 heterocycles. The Bertz CT molecular complexity index is 221. The van der Waals surface area contributed by atoms with Gasteiger partial charge in [0.15, 0.2) is 0 Å². The fourth-order valence-electron chi connectivity index (χ4n) is 1.85. The fraction of sp³-hybridized carbons (Fsp3) is 0.909. The van der Waals surface area contributed by atoms with Gasteiger partial charge >= 0.3 is 5.97 Å². The molecule has 1 fully saturated rings. The molecule has 1 N–H and O–H groups in total. The first-order chi connectivity index (χ1) is 6.41. The van der Waals surface area contributed by atoms with E-state index in [-0.39, 0.29) is 0 Å². The second-order valence-corrected chi connectivity index (χ2v) is 4.84. The van der Waals surface area contributed by atoms with Gasteiger partial charge in [-0.3, -0.25) is 9.69 Å². The van der Waals surface area contributed by atoms with Gasteiger partial charge in [-0.25, -0.2) is 0 Å². The SMILES string of the molecule is CCC(C)(C(=O)O)N1CC(C(C)C)C1. The van der Waals surface area contributed by atoms with Crippen LogP contribution in [0.3, 0.4) is 0 Å². The molecule has 1 aliphatic rings. The molecule has 82 valence electrons. The van der Waals surface area contributed by atoms with Crippen molar-refractivity contribution in [1.29, 1.82) is 0 Å². The molecule has 3 nitrogen and oxygen atoms in total. The topological polar surface area (TPSA) is 40.5 Å². The van der Waals surface area contributed by atoms with Gasteiger partial charge in [-0.1, -0.05) is 20.8 Å². The van der Waals surface area contributed by atoms with Crippen molar-refractivity contribution >= 4 is 5.97 Å². The molecule has 3 heteroatoms. The molecule has 0 spiro atoms. The molecule has 0 radical (unpaired) electrons. The number of carboxylic acid groups (broad SMARTS) is 1. The van der Waals surface area contributed by atoms with E-state index in [0.717, 1.165) is 13.1 Å². The Morgan fingerprint density at radius 2 is 2.07 bits per heavy atom. The van der Waals surface area contributed by atoms with E-state index in [0.29, 0.717) is 18.3 Å². The molecule has 14 heavy (non-hydrogen) atoms. The van der Waals surface area contributed by atoms with Gasteiger partial charge in [0.25, 0.3) is 0 Å². The third-order valence-corrected chi connectivity index (χ3v) is 3.70.